The Kier molecular flexibility index (Phi) is 8.56. The molecule has 3 rings (SSSR count). The van der Waals surface area contributed by atoms with E-state index in [1.807, 2.05) is 17.9 Å². The number of nitrogens with one attached hydrogen (secondary N) is 1. The van der Waals surface area contributed by atoms with Gasteiger partial charge in [-0.3, -0.25) is 9.67 Å². The van der Waals surface area contributed by atoms with Gasteiger partial charge >= 0.3 is 0 Å². The Balaban J connectivity index is 0.00000261. The molecule has 150 valence electrons. The van der Waals surface area contributed by atoms with Gasteiger partial charge in [0.25, 0.3) is 0 Å². The lowest BCUT2D eigenvalue weighted by Crippen LogP contribution is -2.40. The second kappa shape index (κ2) is 10.4. The lowest BCUT2D eigenvalue weighted by atomic mass is 10.0. The lowest BCUT2D eigenvalue weighted by molar-refractivity contribution is 0.309. The Hall–Kier alpha value is -1.13. The predicted molar refractivity (Wildman–Crippen MR) is 124 cm³/mol. The van der Waals surface area contributed by atoms with Gasteiger partial charge in [0.15, 0.2) is 5.96 Å². The Morgan fingerprint density at radius 3 is 2.89 bits per heavy atom. The van der Waals surface area contributed by atoms with E-state index in [0.29, 0.717) is 12.0 Å². The Morgan fingerprint density at radius 1 is 1.48 bits per heavy atom. The van der Waals surface area contributed by atoms with Crippen molar-refractivity contribution in [1.29, 1.82) is 0 Å². The van der Waals surface area contributed by atoms with Crippen LogP contribution in [-0.4, -0.2) is 65.8 Å². The molecule has 2 aromatic heterocycles. The van der Waals surface area contributed by atoms with Crippen LogP contribution in [0.15, 0.2) is 34.9 Å². The zero-order valence-corrected chi connectivity index (χ0v) is 19.8. The van der Waals surface area contributed by atoms with E-state index in [0.717, 1.165) is 38.6 Å². The van der Waals surface area contributed by atoms with E-state index in [2.05, 4.69) is 64.9 Å². The highest BCUT2D eigenvalue weighted by atomic mass is 127. The Morgan fingerprint density at radius 2 is 2.30 bits per heavy atom. The van der Waals surface area contributed by atoms with Crippen LogP contribution < -0.4 is 5.32 Å². The van der Waals surface area contributed by atoms with Crippen molar-refractivity contribution in [2.24, 2.45) is 12.0 Å². The number of aryl methyl sites for hydroxylation is 1. The van der Waals surface area contributed by atoms with Crippen LogP contribution in [0.4, 0.5) is 0 Å². The maximum atomic E-state index is 4.98. The van der Waals surface area contributed by atoms with E-state index in [1.165, 1.54) is 10.4 Å². The van der Waals surface area contributed by atoms with Gasteiger partial charge in [-0.05, 0) is 44.4 Å². The standard InChI is InChI=1S/C19H30N6S.HI/c1-5-20-19(21-12-17(23(2)3)18-7-6-10-26-18)25-9-8-15(14-25)16-11-22-24(4)13-16;/h6-7,10-11,13,15,17H,5,8-9,12,14H2,1-4H3,(H,20,21);1H. The second-order valence-electron chi connectivity index (χ2n) is 7.07. The first kappa shape index (κ1) is 22.2. The highest BCUT2D eigenvalue weighted by Gasteiger charge is 2.27. The van der Waals surface area contributed by atoms with Crippen LogP contribution in [0, 0.1) is 0 Å². The smallest absolute Gasteiger partial charge is 0.194 e. The van der Waals surface area contributed by atoms with E-state index >= 15 is 0 Å². The minimum Gasteiger partial charge on any atom is -0.357 e. The van der Waals surface area contributed by atoms with Gasteiger partial charge < -0.3 is 15.1 Å². The highest BCUT2D eigenvalue weighted by Crippen LogP contribution is 2.27. The molecule has 0 radical (unpaired) electrons. The number of nitrogens with zero attached hydrogens (tertiary/aromatic N) is 5. The minimum absolute atomic E-state index is 0. The molecule has 1 aliphatic rings. The van der Waals surface area contributed by atoms with Gasteiger partial charge in [-0.25, -0.2) is 0 Å². The second-order valence-corrected chi connectivity index (χ2v) is 8.05. The maximum Gasteiger partial charge on any atom is 0.194 e. The maximum absolute atomic E-state index is 4.98. The summed E-state index contributed by atoms with van der Waals surface area (Å²) >= 11 is 1.80. The molecule has 2 atom stereocenters. The van der Waals surface area contributed by atoms with Gasteiger partial charge in [-0.1, -0.05) is 6.07 Å². The summed E-state index contributed by atoms with van der Waals surface area (Å²) in [4.78, 5) is 11.0. The average Bonchev–Trinajstić information content (AvgIpc) is 3.35. The summed E-state index contributed by atoms with van der Waals surface area (Å²) in [6.07, 6.45) is 5.28. The van der Waals surface area contributed by atoms with Crippen LogP contribution in [0.5, 0.6) is 0 Å². The van der Waals surface area contributed by atoms with Gasteiger partial charge in [0.05, 0.1) is 18.8 Å². The van der Waals surface area contributed by atoms with Crippen LogP contribution >= 0.6 is 35.3 Å². The molecule has 0 saturated carbocycles. The third kappa shape index (κ3) is 5.68. The number of hydrogen-bond donors (Lipinski definition) is 1. The van der Waals surface area contributed by atoms with Crippen LogP contribution in [-0.2, 0) is 7.05 Å². The van der Waals surface area contributed by atoms with Crippen molar-refractivity contribution in [3.63, 3.8) is 0 Å². The quantitative estimate of drug-likeness (QED) is 0.375. The number of aromatic nitrogens is 2. The summed E-state index contributed by atoms with van der Waals surface area (Å²) in [5, 5.41) is 9.94. The van der Waals surface area contributed by atoms with E-state index in [-0.39, 0.29) is 24.0 Å². The number of likely N-dealkylation sites (tertiary alicyclic amines) is 1. The molecule has 1 aliphatic heterocycles. The zero-order chi connectivity index (χ0) is 18.5. The van der Waals surface area contributed by atoms with Crippen LogP contribution in [0.3, 0.4) is 0 Å². The fourth-order valence-electron chi connectivity index (χ4n) is 3.46. The van der Waals surface area contributed by atoms with Crippen molar-refractivity contribution >= 4 is 41.3 Å². The summed E-state index contributed by atoms with van der Waals surface area (Å²) < 4.78 is 1.89. The number of halogens is 1. The predicted octanol–water partition coefficient (Wildman–Crippen LogP) is 3.16. The van der Waals surface area contributed by atoms with Crippen LogP contribution in [0.1, 0.15) is 35.7 Å². The molecular weight excluding hydrogens is 471 g/mol. The fourth-order valence-corrected chi connectivity index (χ4v) is 4.38. The first-order chi connectivity index (χ1) is 12.6. The van der Waals surface area contributed by atoms with Crippen molar-refractivity contribution in [2.75, 3.05) is 40.3 Å². The molecule has 6 nitrogen and oxygen atoms in total. The van der Waals surface area contributed by atoms with Crippen molar-refractivity contribution in [3.05, 3.63) is 40.3 Å². The monoisotopic (exact) mass is 502 g/mol. The summed E-state index contributed by atoms with van der Waals surface area (Å²) in [7, 11) is 6.23. The van der Waals surface area contributed by atoms with Crippen molar-refractivity contribution in [2.45, 2.75) is 25.3 Å². The molecule has 0 aliphatic carbocycles. The van der Waals surface area contributed by atoms with Crippen LogP contribution in [0.25, 0.3) is 0 Å². The molecule has 0 spiro atoms. The lowest BCUT2D eigenvalue weighted by Gasteiger charge is -2.25. The van der Waals surface area contributed by atoms with Gasteiger partial charge in [0, 0.05) is 43.7 Å². The molecule has 2 unspecified atom stereocenters. The fraction of sp³-hybridized carbons (Fsp3) is 0.579. The average molecular weight is 502 g/mol. The molecular formula is C19H31IN6S. The van der Waals surface area contributed by atoms with E-state index < -0.39 is 0 Å². The third-order valence-corrected chi connectivity index (χ3v) is 5.90. The Bertz CT molecular complexity index is 712. The van der Waals surface area contributed by atoms with Gasteiger partial charge in [0.1, 0.15) is 0 Å². The molecule has 0 amide bonds. The molecule has 0 bridgehead atoms. The van der Waals surface area contributed by atoms with E-state index in [4.69, 9.17) is 4.99 Å². The highest BCUT2D eigenvalue weighted by molar-refractivity contribution is 14.0. The van der Waals surface area contributed by atoms with Crippen molar-refractivity contribution in [1.82, 2.24) is 24.9 Å². The summed E-state index contributed by atoms with van der Waals surface area (Å²) in [5.74, 6) is 1.57. The SMILES string of the molecule is CCNC(=NCC(c1cccs1)N(C)C)N1CCC(c2cnn(C)c2)C1.I. The Labute approximate surface area is 183 Å². The molecule has 1 saturated heterocycles. The van der Waals surface area contributed by atoms with E-state index in [1.54, 1.807) is 11.3 Å². The van der Waals surface area contributed by atoms with Crippen molar-refractivity contribution < 1.29 is 0 Å². The number of hydrogen-bond acceptors (Lipinski definition) is 4. The summed E-state index contributed by atoms with van der Waals surface area (Å²) in [6.45, 7) is 5.83. The largest absolute Gasteiger partial charge is 0.357 e. The first-order valence-electron chi connectivity index (χ1n) is 9.30. The minimum atomic E-state index is 0. The number of likely N-dealkylation sites (N-methyl/N-ethyl adjacent to an activating group) is 1. The van der Waals surface area contributed by atoms with E-state index in [9.17, 15) is 0 Å². The molecule has 8 heteroatoms. The number of thiophene rings is 1. The van der Waals surface area contributed by atoms with Gasteiger partial charge in [-0.2, -0.15) is 5.10 Å². The molecule has 27 heavy (non-hydrogen) atoms. The molecule has 3 heterocycles. The molecule has 0 aromatic carbocycles. The molecule has 1 N–H and O–H groups in total. The number of aliphatic imine (C=N–C) groups is 1. The normalized spacial score (nSPS) is 18.6. The topological polar surface area (TPSA) is 48.7 Å². The zero-order valence-electron chi connectivity index (χ0n) is 16.6. The van der Waals surface area contributed by atoms with Crippen molar-refractivity contribution in [3.8, 4) is 0 Å². The number of rotatable bonds is 6. The van der Waals surface area contributed by atoms with Gasteiger partial charge in [0.2, 0.25) is 0 Å². The molecule has 2 aromatic rings. The number of guanidine groups is 1. The van der Waals surface area contributed by atoms with Crippen LogP contribution in [0.2, 0.25) is 0 Å². The van der Waals surface area contributed by atoms with Gasteiger partial charge in [-0.15, -0.1) is 35.3 Å². The third-order valence-electron chi connectivity index (χ3n) is 4.93. The molecule has 1 fully saturated rings. The summed E-state index contributed by atoms with van der Waals surface area (Å²) in [5.41, 5.74) is 1.33. The summed E-state index contributed by atoms with van der Waals surface area (Å²) in [6, 6.07) is 4.64. The first-order valence-corrected chi connectivity index (χ1v) is 10.2.